The summed E-state index contributed by atoms with van der Waals surface area (Å²) >= 11 is 1.86. The Bertz CT molecular complexity index is 885. The summed E-state index contributed by atoms with van der Waals surface area (Å²) in [6, 6.07) is 8.05. The quantitative estimate of drug-likeness (QED) is 0.698. The van der Waals surface area contributed by atoms with Crippen LogP contribution >= 0.6 is 11.3 Å². The first-order chi connectivity index (χ1) is 12.3. The van der Waals surface area contributed by atoms with Gasteiger partial charge in [0.25, 0.3) is 0 Å². The molecule has 1 atom stereocenters. The van der Waals surface area contributed by atoms with E-state index in [2.05, 4.69) is 40.0 Å². The molecule has 128 valence electrons. The molecule has 1 saturated carbocycles. The Morgan fingerprint density at radius 3 is 2.72 bits per heavy atom. The second kappa shape index (κ2) is 6.15. The first kappa shape index (κ1) is 15.4. The van der Waals surface area contributed by atoms with Crippen molar-refractivity contribution in [1.82, 2.24) is 19.9 Å². The molecule has 0 bridgehead atoms. The van der Waals surface area contributed by atoms with Crippen molar-refractivity contribution in [3.63, 3.8) is 0 Å². The minimum Gasteiger partial charge on any atom is -0.298 e. The fourth-order valence-electron chi connectivity index (χ4n) is 4.30. The highest BCUT2D eigenvalue weighted by Gasteiger charge is 2.39. The lowest BCUT2D eigenvalue weighted by atomic mass is 9.79. The molecule has 0 unspecified atom stereocenters. The highest BCUT2D eigenvalue weighted by atomic mass is 32.1. The van der Waals surface area contributed by atoms with Crippen LogP contribution in [0.2, 0.25) is 0 Å². The van der Waals surface area contributed by atoms with Crippen LogP contribution in [-0.2, 0) is 0 Å². The van der Waals surface area contributed by atoms with Crippen LogP contribution in [0.5, 0.6) is 0 Å². The number of nitrogens with zero attached hydrogens (tertiary/aromatic N) is 4. The summed E-state index contributed by atoms with van der Waals surface area (Å²) in [6.07, 6.45) is 10.6. The van der Waals surface area contributed by atoms with Crippen LogP contribution in [0, 0.1) is 0 Å². The van der Waals surface area contributed by atoms with Gasteiger partial charge >= 0.3 is 0 Å². The van der Waals surface area contributed by atoms with E-state index in [4.69, 9.17) is 4.98 Å². The van der Waals surface area contributed by atoms with Gasteiger partial charge in [0.2, 0.25) is 0 Å². The lowest BCUT2D eigenvalue weighted by molar-refractivity contribution is 0.103. The molecule has 0 N–H and O–H groups in total. The largest absolute Gasteiger partial charge is 0.298 e. The lowest BCUT2D eigenvalue weighted by Crippen LogP contribution is -2.45. The van der Waals surface area contributed by atoms with Gasteiger partial charge in [-0.15, -0.1) is 11.3 Å². The molecule has 5 rings (SSSR count). The Labute approximate surface area is 152 Å². The average molecular weight is 350 g/mol. The van der Waals surface area contributed by atoms with Gasteiger partial charge in [0, 0.05) is 36.0 Å². The van der Waals surface area contributed by atoms with E-state index in [1.165, 1.54) is 47.5 Å². The monoisotopic (exact) mass is 350 g/mol. The zero-order chi connectivity index (χ0) is 16.8. The van der Waals surface area contributed by atoms with E-state index in [-0.39, 0.29) is 0 Å². The Morgan fingerprint density at radius 1 is 1.12 bits per heavy atom. The number of benzene rings is 1. The van der Waals surface area contributed by atoms with E-state index in [9.17, 15) is 0 Å². The van der Waals surface area contributed by atoms with Crippen molar-refractivity contribution in [3.05, 3.63) is 41.9 Å². The number of hydrogen-bond acceptors (Lipinski definition) is 5. The average Bonchev–Trinajstić information content (AvgIpc) is 3.20. The second-order valence-corrected chi connectivity index (χ2v) is 8.48. The third-order valence-corrected chi connectivity index (χ3v) is 7.02. The van der Waals surface area contributed by atoms with Gasteiger partial charge in [-0.1, -0.05) is 6.07 Å². The molecule has 0 amide bonds. The molecule has 5 heteroatoms. The van der Waals surface area contributed by atoms with Crippen LogP contribution in [0.25, 0.3) is 21.3 Å². The Hall–Kier alpha value is -1.85. The third-order valence-electron chi connectivity index (χ3n) is 5.83. The summed E-state index contributed by atoms with van der Waals surface area (Å²) in [7, 11) is 0. The molecule has 25 heavy (non-hydrogen) atoms. The van der Waals surface area contributed by atoms with Crippen molar-refractivity contribution in [2.45, 2.75) is 50.6 Å². The second-order valence-electron chi connectivity index (χ2n) is 7.41. The van der Waals surface area contributed by atoms with E-state index < -0.39 is 0 Å². The maximum Gasteiger partial charge on any atom is 0.115 e. The number of likely N-dealkylation sites (tertiary alicyclic amines) is 1. The van der Waals surface area contributed by atoms with Gasteiger partial charge in [-0.3, -0.25) is 4.90 Å². The van der Waals surface area contributed by atoms with Gasteiger partial charge in [-0.2, -0.15) is 0 Å². The standard InChI is InChI=1S/C20H22N4S/c1-13-3-2-6-24(13)17-7-15(8-17)20-23-18-5-4-14(9-19(18)25-20)16-10-21-12-22-11-16/h4-5,9-13,15,17H,2-3,6-8H2,1H3/t13-,15-,17+/m0/s1. The van der Waals surface area contributed by atoms with Gasteiger partial charge in [0.1, 0.15) is 6.33 Å². The first-order valence-corrected chi connectivity index (χ1v) is 10.0. The molecule has 3 heterocycles. The maximum absolute atomic E-state index is 4.92. The van der Waals surface area contributed by atoms with Gasteiger partial charge in [0.05, 0.1) is 15.2 Å². The summed E-state index contributed by atoms with van der Waals surface area (Å²) in [4.78, 5) is 15.9. The molecule has 2 aromatic heterocycles. The van der Waals surface area contributed by atoms with Crippen molar-refractivity contribution in [2.75, 3.05) is 6.54 Å². The highest BCUT2D eigenvalue weighted by molar-refractivity contribution is 7.18. The Kier molecular flexibility index (Phi) is 3.79. The maximum atomic E-state index is 4.92. The molecule has 2 aliphatic rings. The van der Waals surface area contributed by atoms with E-state index in [1.54, 1.807) is 6.33 Å². The summed E-state index contributed by atoms with van der Waals surface area (Å²) < 4.78 is 1.27. The van der Waals surface area contributed by atoms with E-state index in [1.807, 2.05) is 23.7 Å². The number of fused-ring (bicyclic) bond motifs is 1. The van der Waals surface area contributed by atoms with Gasteiger partial charge < -0.3 is 0 Å². The lowest BCUT2D eigenvalue weighted by Gasteiger charge is -2.42. The minimum absolute atomic E-state index is 0.652. The molecule has 0 spiro atoms. The predicted octanol–water partition coefficient (Wildman–Crippen LogP) is 4.48. The normalized spacial score (nSPS) is 26.8. The Morgan fingerprint density at radius 2 is 1.96 bits per heavy atom. The molecule has 1 aliphatic heterocycles. The zero-order valence-corrected chi connectivity index (χ0v) is 15.2. The molecule has 0 radical (unpaired) electrons. The fraction of sp³-hybridized carbons (Fsp3) is 0.450. The molecule has 1 aliphatic carbocycles. The number of aromatic nitrogens is 3. The fourth-order valence-corrected chi connectivity index (χ4v) is 5.44. The van der Waals surface area contributed by atoms with Crippen LogP contribution in [-0.4, -0.2) is 38.5 Å². The minimum atomic E-state index is 0.652. The van der Waals surface area contributed by atoms with Crippen molar-refractivity contribution in [3.8, 4) is 11.1 Å². The summed E-state index contributed by atoms with van der Waals surface area (Å²) in [5, 5.41) is 1.32. The van der Waals surface area contributed by atoms with Crippen molar-refractivity contribution < 1.29 is 0 Å². The van der Waals surface area contributed by atoms with Crippen molar-refractivity contribution >= 4 is 21.6 Å². The number of rotatable bonds is 3. The molecular weight excluding hydrogens is 328 g/mol. The third kappa shape index (κ3) is 2.75. The molecule has 1 aromatic carbocycles. The van der Waals surface area contributed by atoms with E-state index in [0.717, 1.165) is 23.2 Å². The van der Waals surface area contributed by atoms with Gasteiger partial charge in [-0.05, 0) is 56.8 Å². The predicted molar refractivity (Wildman–Crippen MR) is 102 cm³/mol. The summed E-state index contributed by atoms with van der Waals surface area (Å²) in [5.41, 5.74) is 3.35. The highest BCUT2D eigenvalue weighted by Crippen LogP contribution is 2.44. The number of thiazole rings is 1. The van der Waals surface area contributed by atoms with Crippen LogP contribution < -0.4 is 0 Å². The van der Waals surface area contributed by atoms with Crippen LogP contribution in [0.1, 0.15) is 43.5 Å². The molecule has 2 fully saturated rings. The van der Waals surface area contributed by atoms with Crippen molar-refractivity contribution in [1.29, 1.82) is 0 Å². The topological polar surface area (TPSA) is 41.9 Å². The molecular formula is C20H22N4S. The SMILES string of the molecule is C[C@H]1CCCN1[C@H]1C[C@@H](c2nc3ccc(-c4cncnc4)cc3s2)C1. The Balaban J connectivity index is 1.35. The molecule has 1 saturated heterocycles. The van der Waals surface area contributed by atoms with Crippen LogP contribution in [0.15, 0.2) is 36.9 Å². The van der Waals surface area contributed by atoms with Crippen molar-refractivity contribution in [2.24, 2.45) is 0 Å². The molecule has 3 aromatic rings. The smallest absolute Gasteiger partial charge is 0.115 e. The van der Waals surface area contributed by atoms with E-state index >= 15 is 0 Å². The first-order valence-electron chi connectivity index (χ1n) is 9.19. The van der Waals surface area contributed by atoms with Gasteiger partial charge in [-0.25, -0.2) is 15.0 Å². The zero-order valence-electron chi connectivity index (χ0n) is 14.4. The number of hydrogen-bond donors (Lipinski definition) is 0. The summed E-state index contributed by atoms with van der Waals surface area (Å²) in [5.74, 6) is 0.652. The van der Waals surface area contributed by atoms with E-state index in [0.29, 0.717) is 5.92 Å². The van der Waals surface area contributed by atoms with Gasteiger partial charge in [0.15, 0.2) is 0 Å². The summed E-state index contributed by atoms with van der Waals surface area (Å²) in [6.45, 7) is 3.67. The molecule has 4 nitrogen and oxygen atoms in total. The van der Waals surface area contributed by atoms with Crippen LogP contribution in [0.4, 0.5) is 0 Å². The van der Waals surface area contributed by atoms with Crippen LogP contribution in [0.3, 0.4) is 0 Å².